The van der Waals surface area contributed by atoms with Gasteiger partial charge in [0, 0.05) is 33.2 Å². The molecule has 0 atom stereocenters. The van der Waals surface area contributed by atoms with Crippen LogP contribution in [0.25, 0.3) is 87.6 Å². The second-order valence-electron chi connectivity index (χ2n) is 18.3. The van der Waals surface area contributed by atoms with Crippen LogP contribution in [0.3, 0.4) is 0 Å². The fourth-order valence-electron chi connectivity index (χ4n) is 11.8. The maximum Gasteiger partial charge on any atom is 0.136 e. The van der Waals surface area contributed by atoms with Crippen molar-refractivity contribution in [2.45, 2.75) is 5.41 Å². The molecule has 0 aliphatic heterocycles. The van der Waals surface area contributed by atoms with Crippen molar-refractivity contribution in [3.05, 3.63) is 283 Å². The summed E-state index contributed by atoms with van der Waals surface area (Å²) >= 11 is 0. The van der Waals surface area contributed by atoms with Gasteiger partial charge in [-0.3, -0.25) is 0 Å². The second-order valence-corrected chi connectivity index (χ2v) is 18.3. The Morgan fingerprint density at radius 3 is 1.46 bits per heavy atom. The molecule has 1 aliphatic carbocycles. The van der Waals surface area contributed by atoms with Gasteiger partial charge in [0.15, 0.2) is 0 Å². The van der Waals surface area contributed by atoms with Crippen LogP contribution in [0.1, 0.15) is 22.3 Å². The van der Waals surface area contributed by atoms with E-state index < -0.39 is 5.41 Å². The monoisotopic (exact) mass is 877 g/mol. The van der Waals surface area contributed by atoms with Crippen molar-refractivity contribution < 1.29 is 4.42 Å². The molecule has 0 radical (unpaired) electrons. The van der Waals surface area contributed by atoms with Gasteiger partial charge in [0.1, 0.15) is 11.2 Å². The normalized spacial score (nSPS) is 12.8. The molecule has 0 spiro atoms. The van der Waals surface area contributed by atoms with E-state index in [0.29, 0.717) is 0 Å². The maximum atomic E-state index is 6.42. The summed E-state index contributed by atoms with van der Waals surface area (Å²) in [6, 6.07) is 95.6. The highest BCUT2D eigenvalue weighted by Crippen LogP contribution is 2.57. The highest BCUT2D eigenvalue weighted by Gasteiger charge is 2.46. The lowest BCUT2D eigenvalue weighted by molar-refractivity contribution is 0.669. The Bertz CT molecular complexity index is 4030. The van der Waals surface area contributed by atoms with Crippen molar-refractivity contribution >= 4 is 71.3 Å². The van der Waals surface area contributed by atoms with Gasteiger partial charge in [-0.15, -0.1) is 0 Å². The van der Waals surface area contributed by atoms with E-state index in [1.54, 1.807) is 0 Å². The van der Waals surface area contributed by atoms with E-state index in [-0.39, 0.29) is 0 Å². The Morgan fingerprint density at radius 1 is 0.275 bits per heavy atom. The van der Waals surface area contributed by atoms with E-state index in [1.807, 2.05) is 6.07 Å². The van der Waals surface area contributed by atoms with Crippen molar-refractivity contribution in [2.24, 2.45) is 0 Å². The van der Waals surface area contributed by atoms with Crippen molar-refractivity contribution in [3.8, 4) is 33.4 Å². The highest BCUT2D eigenvalue weighted by molar-refractivity contribution is 6.36. The van der Waals surface area contributed by atoms with E-state index in [4.69, 9.17) is 4.42 Å². The van der Waals surface area contributed by atoms with Crippen molar-refractivity contribution in [3.63, 3.8) is 0 Å². The van der Waals surface area contributed by atoms with Crippen LogP contribution in [0, 0.1) is 0 Å². The largest absolute Gasteiger partial charge is 0.456 e. The number of benzene rings is 12. The molecule has 322 valence electrons. The Kier molecular flexibility index (Phi) is 8.84. The molecule has 2 heteroatoms. The number of furan rings is 1. The summed E-state index contributed by atoms with van der Waals surface area (Å²) in [7, 11) is 0. The van der Waals surface area contributed by atoms with E-state index in [1.165, 1.54) is 93.3 Å². The molecule has 2 nitrogen and oxygen atoms in total. The molecule has 0 unspecified atom stereocenters. The van der Waals surface area contributed by atoms with Crippen LogP contribution >= 0.6 is 0 Å². The number of fused-ring (bicyclic) bond motifs is 13. The molecular weight excluding hydrogens is 835 g/mol. The lowest BCUT2D eigenvalue weighted by atomic mass is 9.67. The number of para-hydroxylation sites is 1. The van der Waals surface area contributed by atoms with Crippen molar-refractivity contribution in [1.82, 2.24) is 0 Å². The fourth-order valence-corrected chi connectivity index (χ4v) is 11.8. The first kappa shape index (κ1) is 39.2. The van der Waals surface area contributed by atoms with Gasteiger partial charge in [0.2, 0.25) is 0 Å². The molecule has 1 aromatic heterocycles. The summed E-state index contributed by atoms with van der Waals surface area (Å²) in [4.78, 5) is 2.43. The minimum atomic E-state index is -0.519. The fraction of sp³-hybridized carbons (Fsp3) is 0.0149. The van der Waals surface area contributed by atoms with Crippen LogP contribution in [0.4, 0.5) is 17.1 Å². The summed E-state index contributed by atoms with van der Waals surface area (Å²) in [6.45, 7) is 0. The zero-order chi connectivity index (χ0) is 45.5. The van der Waals surface area contributed by atoms with E-state index in [0.717, 1.165) is 33.6 Å². The molecule has 0 saturated heterocycles. The number of rotatable bonds is 7. The minimum absolute atomic E-state index is 0.519. The van der Waals surface area contributed by atoms with Crippen LogP contribution in [0.15, 0.2) is 265 Å². The standard InChI is InChI=1S/C67H43NO/c1-4-17-44(18-5-1)45-31-35-49(36-32-45)68(51-39-40-54-53-23-12-14-29-60(53)67(61(54)43-51,47-19-6-2-7-20-47)48-21-8-3-9-22-48)50-37-33-46(34-38-50)52-27-16-28-56-58-41-42-63-66(59-26-13-15-30-62(59)69-63)65(58)57-25-11-10-24-55(57)64(52)56/h1-43H. The first-order valence-electron chi connectivity index (χ1n) is 23.8. The number of nitrogens with zero attached hydrogens (tertiary/aromatic N) is 1. The van der Waals surface area contributed by atoms with Crippen LogP contribution < -0.4 is 4.90 Å². The van der Waals surface area contributed by atoms with Gasteiger partial charge >= 0.3 is 0 Å². The van der Waals surface area contributed by atoms with Crippen LogP contribution in [0.2, 0.25) is 0 Å². The van der Waals surface area contributed by atoms with E-state index >= 15 is 0 Å². The summed E-state index contributed by atoms with van der Waals surface area (Å²) in [5, 5.41) is 9.74. The van der Waals surface area contributed by atoms with E-state index in [9.17, 15) is 0 Å². The molecule has 13 aromatic rings. The molecular formula is C67H43NO. The Balaban J connectivity index is 0.961. The first-order chi connectivity index (χ1) is 34.2. The summed E-state index contributed by atoms with van der Waals surface area (Å²) in [5.74, 6) is 0. The van der Waals surface area contributed by atoms with Gasteiger partial charge in [0.25, 0.3) is 0 Å². The van der Waals surface area contributed by atoms with Gasteiger partial charge in [0.05, 0.1) is 5.41 Å². The summed E-state index contributed by atoms with van der Waals surface area (Å²) in [6.07, 6.45) is 0. The molecule has 0 bridgehead atoms. The molecule has 14 rings (SSSR count). The lowest BCUT2D eigenvalue weighted by Gasteiger charge is -2.35. The van der Waals surface area contributed by atoms with Crippen LogP contribution in [0.5, 0.6) is 0 Å². The molecule has 0 saturated carbocycles. The number of anilines is 3. The first-order valence-corrected chi connectivity index (χ1v) is 23.8. The van der Waals surface area contributed by atoms with E-state index in [2.05, 4.69) is 260 Å². The predicted molar refractivity (Wildman–Crippen MR) is 289 cm³/mol. The SMILES string of the molecule is c1ccc(-c2ccc(N(c3ccc(-c4cccc5c6ccc7oc8ccccc8c7c6c6ccccc6c45)cc3)c3ccc4c(c3)C(c3ccccc3)(c3ccccc3)c3ccccc3-4)cc2)cc1. The van der Waals surface area contributed by atoms with Gasteiger partial charge in [-0.05, 0) is 137 Å². The quantitative estimate of drug-likeness (QED) is 0.148. The Morgan fingerprint density at radius 2 is 0.768 bits per heavy atom. The Hall–Kier alpha value is -8.98. The van der Waals surface area contributed by atoms with Gasteiger partial charge in [-0.25, -0.2) is 0 Å². The molecule has 1 heterocycles. The molecule has 12 aromatic carbocycles. The maximum absolute atomic E-state index is 6.42. The van der Waals surface area contributed by atoms with Crippen LogP contribution in [-0.4, -0.2) is 0 Å². The molecule has 1 aliphatic rings. The third-order valence-corrected chi connectivity index (χ3v) is 14.7. The average Bonchev–Trinajstić information content (AvgIpc) is 3.96. The molecule has 0 N–H and O–H groups in total. The smallest absolute Gasteiger partial charge is 0.136 e. The zero-order valence-corrected chi connectivity index (χ0v) is 37.7. The molecule has 0 fully saturated rings. The molecule has 0 amide bonds. The molecule has 69 heavy (non-hydrogen) atoms. The topological polar surface area (TPSA) is 16.4 Å². The number of hydrogen-bond acceptors (Lipinski definition) is 2. The summed E-state index contributed by atoms with van der Waals surface area (Å²) < 4.78 is 6.42. The van der Waals surface area contributed by atoms with Gasteiger partial charge in [-0.1, -0.05) is 206 Å². The third-order valence-electron chi connectivity index (χ3n) is 14.7. The van der Waals surface area contributed by atoms with Crippen molar-refractivity contribution in [2.75, 3.05) is 4.90 Å². The summed E-state index contributed by atoms with van der Waals surface area (Å²) in [5.41, 5.74) is 16.9. The third kappa shape index (κ3) is 5.92. The second kappa shape index (κ2) is 15.6. The Labute approximate surface area is 400 Å². The van der Waals surface area contributed by atoms with Crippen LogP contribution in [-0.2, 0) is 5.41 Å². The predicted octanol–water partition coefficient (Wildman–Crippen LogP) is 18.2. The zero-order valence-electron chi connectivity index (χ0n) is 37.7. The minimum Gasteiger partial charge on any atom is -0.456 e. The highest BCUT2D eigenvalue weighted by atomic mass is 16.3. The van der Waals surface area contributed by atoms with Gasteiger partial charge < -0.3 is 9.32 Å². The van der Waals surface area contributed by atoms with Gasteiger partial charge in [-0.2, -0.15) is 0 Å². The number of hydrogen-bond donors (Lipinski definition) is 0. The van der Waals surface area contributed by atoms with Crippen molar-refractivity contribution in [1.29, 1.82) is 0 Å². The average molecular weight is 878 g/mol. The lowest BCUT2D eigenvalue weighted by Crippen LogP contribution is -2.28.